The summed E-state index contributed by atoms with van der Waals surface area (Å²) in [6.07, 6.45) is 4.86. The lowest BCUT2D eigenvalue weighted by Gasteiger charge is -2.26. The quantitative estimate of drug-likeness (QED) is 0.306. The van der Waals surface area contributed by atoms with Crippen molar-refractivity contribution < 1.29 is 28.7 Å². The smallest absolute Gasteiger partial charge is 0.294 e. The third kappa shape index (κ3) is 7.45. The van der Waals surface area contributed by atoms with E-state index in [0.717, 1.165) is 53.7 Å². The lowest BCUT2D eigenvalue weighted by atomic mass is 10.1. The molecule has 2 fully saturated rings. The molecule has 0 bridgehead atoms. The van der Waals surface area contributed by atoms with Crippen LogP contribution >= 0.6 is 11.8 Å². The monoisotopic (exact) mass is 599 g/mol. The van der Waals surface area contributed by atoms with Crippen molar-refractivity contribution in [3.63, 3.8) is 0 Å². The Kier molecular flexibility index (Phi) is 9.46. The summed E-state index contributed by atoms with van der Waals surface area (Å²) in [5.74, 6) is 0.0403. The first kappa shape index (κ1) is 29.9. The van der Waals surface area contributed by atoms with Crippen molar-refractivity contribution in [2.24, 2.45) is 0 Å². The highest BCUT2D eigenvalue weighted by atomic mass is 32.2. The van der Waals surface area contributed by atoms with Gasteiger partial charge in [-0.2, -0.15) is 0 Å². The van der Waals surface area contributed by atoms with E-state index in [1.54, 1.807) is 36.4 Å². The maximum atomic E-state index is 12.9. The standard InChI is InChI=1S/C33H33N3O6S/c1-22-6-13-26(14-7-22)34-30(37)20-36-32(39)29(43-33(36)40)19-24-10-15-27(28(18-24)41-2)42-21-23-8-11-25(12-9-23)31(38)35-16-4-3-5-17-35/h6-15,18-19H,3-5,16-17,20-21H2,1-2H3,(H,34,37)/b29-19-. The van der Waals surface area contributed by atoms with Crippen molar-refractivity contribution in [3.8, 4) is 11.5 Å². The van der Waals surface area contributed by atoms with Gasteiger partial charge in [0.25, 0.3) is 17.1 Å². The first-order valence-electron chi connectivity index (χ1n) is 14.1. The van der Waals surface area contributed by atoms with Crippen molar-refractivity contribution >= 4 is 46.5 Å². The summed E-state index contributed by atoms with van der Waals surface area (Å²) < 4.78 is 11.5. The molecule has 0 spiro atoms. The molecule has 5 rings (SSSR count). The molecule has 0 unspecified atom stereocenters. The molecule has 0 aliphatic carbocycles. The zero-order valence-corrected chi connectivity index (χ0v) is 24.9. The zero-order valence-electron chi connectivity index (χ0n) is 24.1. The molecule has 9 nitrogen and oxygen atoms in total. The number of thioether (sulfide) groups is 1. The van der Waals surface area contributed by atoms with E-state index >= 15 is 0 Å². The van der Waals surface area contributed by atoms with E-state index in [1.165, 1.54) is 13.5 Å². The van der Waals surface area contributed by atoms with E-state index in [9.17, 15) is 19.2 Å². The van der Waals surface area contributed by atoms with Crippen LogP contribution in [0.5, 0.6) is 11.5 Å². The maximum absolute atomic E-state index is 12.9. The van der Waals surface area contributed by atoms with E-state index in [4.69, 9.17) is 9.47 Å². The Balaban J connectivity index is 1.19. The number of hydrogen-bond acceptors (Lipinski definition) is 7. The molecular formula is C33H33N3O6S. The summed E-state index contributed by atoms with van der Waals surface area (Å²) in [5.41, 5.74) is 3.86. The van der Waals surface area contributed by atoms with E-state index in [-0.39, 0.29) is 24.0 Å². The molecule has 1 N–H and O–H groups in total. The van der Waals surface area contributed by atoms with Gasteiger partial charge in [-0.1, -0.05) is 35.9 Å². The van der Waals surface area contributed by atoms with Gasteiger partial charge in [-0.05, 0) is 91.5 Å². The van der Waals surface area contributed by atoms with Gasteiger partial charge in [0.1, 0.15) is 13.2 Å². The van der Waals surface area contributed by atoms with Crippen molar-refractivity contribution in [1.82, 2.24) is 9.80 Å². The largest absolute Gasteiger partial charge is 0.493 e. The molecule has 2 heterocycles. The summed E-state index contributed by atoms with van der Waals surface area (Å²) in [4.78, 5) is 53.7. The van der Waals surface area contributed by atoms with E-state index in [0.29, 0.717) is 28.3 Å². The van der Waals surface area contributed by atoms with Gasteiger partial charge in [0.15, 0.2) is 11.5 Å². The van der Waals surface area contributed by atoms with Crippen LogP contribution in [0.15, 0.2) is 71.6 Å². The fourth-order valence-corrected chi connectivity index (χ4v) is 5.68. The molecular weight excluding hydrogens is 566 g/mol. The van der Waals surface area contributed by atoms with Crippen LogP contribution in [0.2, 0.25) is 0 Å². The van der Waals surface area contributed by atoms with Crippen LogP contribution < -0.4 is 14.8 Å². The topological polar surface area (TPSA) is 105 Å². The number of anilines is 1. The second-order valence-corrected chi connectivity index (χ2v) is 11.4. The van der Waals surface area contributed by atoms with Crippen molar-refractivity contribution in [3.05, 3.63) is 93.9 Å². The third-order valence-electron chi connectivity index (χ3n) is 7.23. The fraction of sp³-hybridized carbons (Fsp3) is 0.273. The predicted molar refractivity (Wildman–Crippen MR) is 166 cm³/mol. The second kappa shape index (κ2) is 13.6. The minimum Gasteiger partial charge on any atom is -0.493 e. The summed E-state index contributed by atoms with van der Waals surface area (Å²) in [5, 5.41) is 2.20. The van der Waals surface area contributed by atoms with E-state index in [1.807, 2.05) is 48.2 Å². The Morgan fingerprint density at radius 2 is 1.65 bits per heavy atom. The number of carbonyl (C=O) groups is 4. The lowest BCUT2D eigenvalue weighted by molar-refractivity contribution is -0.127. The summed E-state index contributed by atoms with van der Waals surface area (Å²) in [6, 6.07) is 19.9. The lowest BCUT2D eigenvalue weighted by Crippen LogP contribution is -2.36. The molecule has 2 aliphatic rings. The summed E-state index contributed by atoms with van der Waals surface area (Å²) in [7, 11) is 1.52. The number of rotatable bonds is 9. The molecule has 0 saturated carbocycles. The first-order chi connectivity index (χ1) is 20.8. The molecule has 2 aliphatic heterocycles. The molecule has 2 saturated heterocycles. The number of aryl methyl sites for hydroxylation is 1. The Morgan fingerprint density at radius 3 is 2.35 bits per heavy atom. The molecule has 222 valence electrons. The van der Waals surface area contributed by atoms with Gasteiger partial charge in [-0.25, -0.2) is 0 Å². The van der Waals surface area contributed by atoms with Crippen LogP contribution in [0.4, 0.5) is 10.5 Å². The van der Waals surface area contributed by atoms with Crippen LogP contribution in [-0.4, -0.2) is 59.5 Å². The highest BCUT2D eigenvalue weighted by Crippen LogP contribution is 2.35. The maximum Gasteiger partial charge on any atom is 0.294 e. The number of imide groups is 1. The number of piperidine rings is 1. The molecule has 0 radical (unpaired) electrons. The highest BCUT2D eigenvalue weighted by molar-refractivity contribution is 8.18. The van der Waals surface area contributed by atoms with Gasteiger partial charge in [-0.15, -0.1) is 0 Å². The number of amides is 4. The first-order valence-corrected chi connectivity index (χ1v) is 14.9. The van der Waals surface area contributed by atoms with Crippen molar-refractivity contribution in [2.45, 2.75) is 32.8 Å². The number of likely N-dealkylation sites (tertiary alicyclic amines) is 1. The number of nitrogens with one attached hydrogen (secondary N) is 1. The Bertz CT molecular complexity index is 1550. The van der Waals surface area contributed by atoms with Crippen LogP contribution in [0.3, 0.4) is 0 Å². The molecule has 10 heteroatoms. The SMILES string of the molecule is COc1cc(/C=C2\SC(=O)N(CC(=O)Nc3ccc(C)cc3)C2=O)ccc1OCc1ccc(C(=O)N2CCCCC2)cc1. The molecule has 3 aromatic rings. The Morgan fingerprint density at radius 1 is 0.930 bits per heavy atom. The zero-order chi connectivity index (χ0) is 30.3. The molecule has 0 atom stereocenters. The predicted octanol–water partition coefficient (Wildman–Crippen LogP) is 5.88. The van der Waals surface area contributed by atoms with Crippen LogP contribution in [-0.2, 0) is 16.2 Å². The third-order valence-corrected chi connectivity index (χ3v) is 8.14. The number of methoxy groups -OCH3 is 1. The van der Waals surface area contributed by atoms with E-state index in [2.05, 4.69) is 5.32 Å². The Labute approximate surface area is 254 Å². The van der Waals surface area contributed by atoms with E-state index < -0.39 is 17.1 Å². The minimum atomic E-state index is -0.532. The number of hydrogen-bond donors (Lipinski definition) is 1. The molecule has 0 aromatic heterocycles. The van der Waals surface area contributed by atoms with Crippen molar-refractivity contribution in [1.29, 1.82) is 0 Å². The average Bonchev–Trinajstić information content (AvgIpc) is 3.28. The van der Waals surface area contributed by atoms with Gasteiger partial charge in [0.2, 0.25) is 5.91 Å². The van der Waals surface area contributed by atoms with Gasteiger partial charge < -0.3 is 19.7 Å². The Hall–Kier alpha value is -4.57. The molecule has 43 heavy (non-hydrogen) atoms. The van der Waals surface area contributed by atoms with Gasteiger partial charge in [-0.3, -0.25) is 24.1 Å². The van der Waals surface area contributed by atoms with Gasteiger partial charge in [0, 0.05) is 24.3 Å². The number of ether oxygens (including phenoxy) is 2. The number of carbonyl (C=O) groups excluding carboxylic acids is 4. The second-order valence-electron chi connectivity index (χ2n) is 10.4. The average molecular weight is 600 g/mol. The number of nitrogens with zero attached hydrogens (tertiary/aromatic N) is 2. The summed E-state index contributed by atoms with van der Waals surface area (Å²) >= 11 is 0.784. The molecule has 3 aromatic carbocycles. The van der Waals surface area contributed by atoms with Gasteiger partial charge >= 0.3 is 0 Å². The highest BCUT2D eigenvalue weighted by Gasteiger charge is 2.36. The van der Waals surface area contributed by atoms with Gasteiger partial charge in [0.05, 0.1) is 12.0 Å². The van der Waals surface area contributed by atoms with Crippen LogP contribution in [0, 0.1) is 6.92 Å². The summed E-state index contributed by atoms with van der Waals surface area (Å²) in [6.45, 7) is 3.46. The fourth-order valence-electron chi connectivity index (χ4n) is 4.85. The number of benzene rings is 3. The van der Waals surface area contributed by atoms with Crippen molar-refractivity contribution in [2.75, 3.05) is 32.1 Å². The molecule has 4 amide bonds. The van der Waals surface area contributed by atoms with Crippen LogP contribution in [0.1, 0.15) is 46.3 Å². The minimum absolute atomic E-state index is 0.0628. The van der Waals surface area contributed by atoms with Crippen LogP contribution in [0.25, 0.3) is 6.08 Å². The normalized spacial score (nSPS) is 16.0.